The second-order valence-corrected chi connectivity index (χ2v) is 4.96. The molecule has 126 valence electrons. The van der Waals surface area contributed by atoms with E-state index in [0.717, 1.165) is 11.8 Å². The normalized spacial score (nSPS) is 10.3. The highest BCUT2D eigenvalue weighted by molar-refractivity contribution is 6.02. The van der Waals surface area contributed by atoms with E-state index < -0.39 is 16.7 Å². The van der Waals surface area contributed by atoms with Crippen molar-refractivity contribution in [1.29, 1.82) is 0 Å². The monoisotopic (exact) mass is 340 g/mol. The van der Waals surface area contributed by atoms with Crippen LogP contribution in [0.4, 0.5) is 11.6 Å². The number of ether oxygens (including phenoxy) is 1. The first-order chi connectivity index (χ1) is 12.0. The van der Waals surface area contributed by atoms with Crippen molar-refractivity contribution in [3.05, 3.63) is 70.2 Å². The fourth-order valence-electron chi connectivity index (χ4n) is 1.93. The van der Waals surface area contributed by atoms with E-state index in [1.54, 1.807) is 36.5 Å². The van der Waals surface area contributed by atoms with Gasteiger partial charge in [-0.3, -0.25) is 14.9 Å². The molecule has 0 saturated carbocycles. The van der Waals surface area contributed by atoms with Crippen molar-refractivity contribution < 1.29 is 18.9 Å². The summed E-state index contributed by atoms with van der Waals surface area (Å²) in [7, 11) is 0. The van der Waals surface area contributed by atoms with Gasteiger partial charge in [-0.05, 0) is 43.3 Å². The van der Waals surface area contributed by atoms with Crippen LogP contribution in [0.15, 0.2) is 53.1 Å². The van der Waals surface area contributed by atoms with E-state index in [0.29, 0.717) is 11.4 Å². The van der Waals surface area contributed by atoms with Gasteiger partial charge in [0.2, 0.25) is 0 Å². The van der Waals surface area contributed by atoms with Crippen molar-refractivity contribution in [3.63, 3.8) is 0 Å². The Balaban J connectivity index is 1.65. The number of carbonyl (C=O) groups excluding carboxylic acids is 1. The molecule has 0 aliphatic carbocycles. The number of nitrogens with one attached hydrogen (secondary N) is 1. The van der Waals surface area contributed by atoms with Crippen LogP contribution in [0.1, 0.15) is 16.2 Å². The van der Waals surface area contributed by atoms with Gasteiger partial charge in [-0.15, -0.1) is 0 Å². The van der Waals surface area contributed by atoms with E-state index >= 15 is 0 Å². The van der Waals surface area contributed by atoms with E-state index in [1.165, 1.54) is 6.07 Å². The van der Waals surface area contributed by atoms with Gasteiger partial charge in [-0.25, -0.2) is 9.97 Å². The highest BCUT2D eigenvalue weighted by atomic mass is 16.6. The summed E-state index contributed by atoms with van der Waals surface area (Å²) in [6.07, 6.45) is 1.59. The molecule has 0 radical (unpaired) electrons. The third-order valence-corrected chi connectivity index (χ3v) is 3.09. The topological polar surface area (TPSA) is 120 Å². The van der Waals surface area contributed by atoms with Crippen LogP contribution in [0.2, 0.25) is 0 Å². The predicted molar refractivity (Wildman–Crippen MR) is 86.6 cm³/mol. The van der Waals surface area contributed by atoms with Crippen LogP contribution in [-0.2, 0) is 0 Å². The zero-order valence-corrected chi connectivity index (χ0v) is 13.0. The minimum absolute atomic E-state index is 0.153. The van der Waals surface area contributed by atoms with Crippen molar-refractivity contribution in [2.75, 3.05) is 5.32 Å². The lowest BCUT2D eigenvalue weighted by atomic mass is 10.3. The fraction of sp³-hybridized carbons (Fsp3) is 0.0625. The number of rotatable bonds is 5. The summed E-state index contributed by atoms with van der Waals surface area (Å²) in [5, 5.41) is 13.1. The molecular weight excluding hydrogens is 328 g/mol. The number of aromatic nitrogens is 2. The molecule has 3 rings (SSSR count). The molecule has 2 aromatic heterocycles. The predicted octanol–water partition coefficient (Wildman–Crippen LogP) is 3.33. The zero-order valence-electron chi connectivity index (χ0n) is 13.0. The van der Waals surface area contributed by atoms with Gasteiger partial charge in [-0.2, -0.15) is 0 Å². The van der Waals surface area contributed by atoms with Crippen LogP contribution in [0.5, 0.6) is 11.8 Å². The Kier molecular flexibility index (Phi) is 4.38. The first-order valence-corrected chi connectivity index (χ1v) is 7.14. The molecule has 0 fully saturated rings. The molecule has 0 atom stereocenters. The number of benzene rings is 1. The van der Waals surface area contributed by atoms with E-state index in [2.05, 4.69) is 15.3 Å². The van der Waals surface area contributed by atoms with Gasteiger partial charge in [0, 0.05) is 17.6 Å². The molecular formula is C16H12N4O5. The van der Waals surface area contributed by atoms with Crippen LogP contribution >= 0.6 is 0 Å². The van der Waals surface area contributed by atoms with Crippen LogP contribution in [0.3, 0.4) is 0 Å². The molecule has 9 nitrogen and oxygen atoms in total. The quantitative estimate of drug-likeness (QED) is 0.558. The standard InChI is InChI=1S/C16H12N4O5/c1-10-8-9-17-16(18-10)24-12-4-2-11(3-5-12)19-15(21)13-6-7-14(25-13)20(22)23/h2-9H,1H3,(H,19,21). The lowest BCUT2D eigenvalue weighted by molar-refractivity contribution is -0.402. The fourth-order valence-corrected chi connectivity index (χ4v) is 1.93. The molecule has 0 bridgehead atoms. The van der Waals surface area contributed by atoms with Gasteiger partial charge in [0.15, 0.2) is 5.76 Å². The second kappa shape index (κ2) is 6.79. The van der Waals surface area contributed by atoms with Crippen LogP contribution in [0.25, 0.3) is 0 Å². The maximum absolute atomic E-state index is 12.0. The van der Waals surface area contributed by atoms with Crippen molar-refractivity contribution in [2.45, 2.75) is 6.92 Å². The summed E-state index contributed by atoms with van der Waals surface area (Å²) in [5.74, 6) is -0.742. The van der Waals surface area contributed by atoms with Gasteiger partial charge in [0.1, 0.15) is 10.7 Å². The number of furan rings is 1. The zero-order chi connectivity index (χ0) is 17.8. The van der Waals surface area contributed by atoms with Crippen LogP contribution < -0.4 is 10.1 Å². The summed E-state index contributed by atoms with van der Waals surface area (Å²) in [6, 6.07) is 10.8. The van der Waals surface area contributed by atoms with Crippen LogP contribution in [-0.4, -0.2) is 20.8 Å². The smallest absolute Gasteiger partial charge is 0.424 e. The Hall–Kier alpha value is -3.75. The van der Waals surface area contributed by atoms with Gasteiger partial charge in [0.05, 0.1) is 6.07 Å². The average molecular weight is 340 g/mol. The number of carbonyl (C=O) groups is 1. The molecule has 0 saturated heterocycles. The van der Waals surface area contributed by atoms with Gasteiger partial charge < -0.3 is 14.5 Å². The molecule has 0 spiro atoms. The summed E-state index contributed by atoms with van der Waals surface area (Å²) in [6.45, 7) is 1.83. The van der Waals surface area contributed by atoms with E-state index in [1.807, 2.05) is 6.92 Å². The van der Waals surface area contributed by atoms with Crippen molar-refractivity contribution in [3.8, 4) is 11.8 Å². The molecule has 0 aliphatic heterocycles. The second-order valence-electron chi connectivity index (χ2n) is 4.96. The molecule has 0 unspecified atom stereocenters. The Bertz CT molecular complexity index is 920. The number of nitro groups is 1. The number of amides is 1. The molecule has 2 heterocycles. The lowest BCUT2D eigenvalue weighted by Crippen LogP contribution is -2.10. The largest absolute Gasteiger partial charge is 0.433 e. The third-order valence-electron chi connectivity index (χ3n) is 3.09. The third kappa shape index (κ3) is 3.96. The molecule has 3 aromatic rings. The molecule has 9 heteroatoms. The van der Waals surface area contributed by atoms with E-state index in [-0.39, 0.29) is 11.8 Å². The summed E-state index contributed by atoms with van der Waals surface area (Å²) in [4.78, 5) is 29.9. The summed E-state index contributed by atoms with van der Waals surface area (Å²) < 4.78 is 10.3. The van der Waals surface area contributed by atoms with Crippen molar-refractivity contribution in [2.24, 2.45) is 0 Å². The summed E-state index contributed by atoms with van der Waals surface area (Å²) >= 11 is 0. The first kappa shape index (κ1) is 16.1. The molecule has 1 amide bonds. The number of aryl methyl sites for hydroxylation is 1. The number of hydrogen-bond donors (Lipinski definition) is 1. The van der Waals surface area contributed by atoms with Gasteiger partial charge in [-0.1, -0.05) is 0 Å². The number of nitrogens with zero attached hydrogens (tertiary/aromatic N) is 3. The Morgan fingerprint density at radius 3 is 2.60 bits per heavy atom. The van der Waals surface area contributed by atoms with E-state index in [4.69, 9.17) is 9.15 Å². The lowest BCUT2D eigenvalue weighted by Gasteiger charge is -2.06. The Labute approximate surface area is 141 Å². The molecule has 1 N–H and O–H groups in total. The SMILES string of the molecule is Cc1ccnc(Oc2ccc(NC(=O)c3ccc([N+](=O)[O-])o3)cc2)n1. The van der Waals surface area contributed by atoms with Crippen molar-refractivity contribution in [1.82, 2.24) is 9.97 Å². The molecule has 0 aliphatic rings. The minimum Gasteiger partial charge on any atom is -0.424 e. The van der Waals surface area contributed by atoms with Gasteiger partial charge >= 0.3 is 11.9 Å². The van der Waals surface area contributed by atoms with E-state index in [9.17, 15) is 14.9 Å². The maximum Gasteiger partial charge on any atom is 0.433 e. The first-order valence-electron chi connectivity index (χ1n) is 7.14. The highest BCUT2D eigenvalue weighted by Crippen LogP contribution is 2.21. The number of hydrogen-bond acceptors (Lipinski definition) is 7. The number of anilines is 1. The molecule has 1 aromatic carbocycles. The molecule has 25 heavy (non-hydrogen) atoms. The average Bonchev–Trinajstić information content (AvgIpc) is 3.07. The minimum atomic E-state index is -0.712. The van der Waals surface area contributed by atoms with Crippen LogP contribution in [0, 0.1) is 17.0 Å². The highest BCUT2D eigenvalue weighted by Gasteiger charge is 2.17. The Morgan fingerprint density at radius 1 is 1.20 bits per heavy atom. The summed E-state index contributed by atoms with van der Waals surface area (Å²) in [5.41, 5.74) is 1.25. The Morgan fingerprint density at radius 2 is 1.96 bits per heavy atom. The maximum atomic E-state index is 12.0. The van der Waals surface area contributed by atoms with Crippen molar-refractivity contribution >= 4 is 17.5 Å². The van der Waals surface area contributed by atoms with Gasteiger partial charge in [0.25, 0.3) is 5.91 Å².